The molecule has 1 saturated heterocycles. The number of thiazole rings is 1. The van der Waals surface area contributed by atoms with E-state index in [9.17, 15) is 22.8 Å². The molecule has 2 aromatic carbocycles. The van der Waals surface area contributed by atoms with E-state index in [0.29, 0.717) is 70.1 Å². The molecule has 0 aliphatic carbocycles. The van der Waals surface area contributed by atoms with Crippen LogP contribution in [0, 0.1) is 5.92 Å². The number of carbonyl (C=O) groups is 1. The molecule has 1 amide bonds. The Labute approximate surface area is 263 Å². The molecule has 1 aliphatic heterocycles. The zero-order chi connectivity index (χ0) is 31.6. The highest BCUT2D eigenvalue weighted by Gasteiger charge is 2.31. The molecule has 1 fully saturated rings. The summed E-state index contributed by atoms with van der Waals surface area (Å²) in [6.07, 6.45) is -1.14. The zero-order valence-electron chi connectivity index (χ0n) is 24.7. The Kier molecular flexibility index (Phi) is 9.51. The third-order valence-electron chi connectivity index (χ3n) is 7.48. The zero-order valence-corrected chi connectivity index (χ0v) is 26.3. The molecule has 44 heavy (non-hydrogen) atoms. The Hall–Kier alpha value is -3.63. The number of benzene rings is 2. The van der Waals surface area contributed by atoms with Gasteiger partial charge in [0.25, 0.3) is 11.5 Å². The maximum atomic E-state index is 14.5. The Balaban J connectivity index is 1.73. The van der Waals surface area contributed by atoms with E-state index in [0.717, 1.165) is 31.4 Å². The molecule has 6 nitrogen and oxygen atoms in total. The number of halogens is 4. The van der Waals surface area contributed by atoms with Crippen LogP contribution in [0.1, 0.15) is 61.6 Å². The number of nitrogens with zero attached hydrogens (tertiary/aromatic N) is 3. The van der Waals surface area contributed by atoms with Crippen LogP contribution < -0.4 is 10.3 Å². The first-order valence-corrected chi connectivity index (χ1v) is 15.9. The second-order valence-corrected chi connectivity index (χ2v) is 12.5. The van der Waals surface area contributed by atoms with Crippen LogP contribution in [0.2, 0.25) is 5.02 Å². The molecule has 0 radical (unpaired) electrons. The number of hydrogen-bond donors (Lipinski definition) is 0. The number of hydrogen-bond acceptors (Lipinski definition) is 5. The van der Waals surface area contributed by atoms with E-state index in [4.69, 9.17) is 16.3 Å². The van der Waals surface area contributed by atoms with Gasteiger partial charge < -0.3 is 9.64 Å². The number of piperidine rings is 1. The normalized spacial score (nSPS) is 13.9. The summed E-state index contributed by atoms with van der Waals surface area (Å²) in [5.41, 5.74) is 1.36. The Bertz CT molecular complexity index is 1710. The molecular formula is C33H33ClF3N3O3S. The number of likely N-dealkylation sites (tertiary alicyclic amines) is 1. The molecule has 11 heteroatoms. The Morgan fingerprint density at radius 2 is 1.77 bits per heavy atom. The summed E-state index contributed by atoms with van der Waals surface area (Å²) >= 11 is 7.63. The van der Waals surface area contributed by atoms with Gasteiger partial charge in [-0.05, 0) is 74.9 Å². The van der Waals surface area contributed by atoms with Crippen molar-refractivity contribution >= 4 is 28.8 Å². The highest BCUT2D eigenvalue weighted by Crippen LogP contribution is 2.35. The van der Waals surface area contributed by atoms with E-state index in [-0.39, 0.29) is 17.4 Å². The van der Waals surface area contributed by atoms with Crippen molar-refractivity contribution in [2.75, 3.05) is 19.7 Å². The molecule has 0 saturated carbocycles. The lowest BCUT2D eigenvalue weighted by molar-refractivity contribution is -0.137. The maximum absolute atomic E-state index is 14.5. The molecule has 0 bridgehead atoms. The largest absolute Gasteiger partial charge is 0.492 e. The summed E-state index contributed by atoms with van der Waals surface area (Å²) in [5, 5.41) is 2.45. The smallest absolute Gasteiger partial charge is 0.416 e. The first-order valence-electron chi connectivity index (χ1n) is 14.6. The quantitative estimate of drug-likeness (QED) is 0.193. The van der Waals surface area contributed by atoms with E-state index in [2.05, 4.69) is 4.98 Å². The lowest BCUT2D eigenvalue weighted by atomic mass is 9.98. The summed E-state index contributed by atoms with van der Waals surface area (Å²) in [7, 11) is 0. The second kappa shape index (κ2) is 13.2. The fourth-order valence-corrected chi connectivity index (χ4v) is 6.41. The number of rotatable bonds is 8. The number of aromatic nitrogens is 2. The molecule has 0 spiro atoms. The van der Waals surface area contributed by atoms with E-state index in [1.165, 1.54) is 28.0 Å². The third kappa shape index (κ3) is 6.71. The van der Waals surface area contributed by atoms with Crippen molar-refractivity contribution in [3.8, 4) is 33.3 Å². The van der Waals surface area contributed by atoms with Crippen LogP contribution in [-0.4, -0.2) is 40.1 Å². The molecular weight excluding hydrogens is 611 g/mol. The van der Waals surface area contributed by atoms with Gasteiger partial charge in [-0.1, -0.05) is 37.6 Å². The van der Waals surface area contributed by atoms with Gasteiger partial charge in [-0.15, -0.1) is 11.3 Å². The van der Waals surface area contributed by atoms with Gasteiger partial charge in [-0.25, -0.2) is 4.98 Å². The minimum absolute atomic E-state index is 0.111. The van der Waals surface area contributed by atoms with Gasteiger partial charge in [0.05, 0.1) is 34.7 Å². The summed E-state index contributed by atoms with van der Waals surface area (Å²) in [6.45, 7) is 7.50. The standard InChI is InChI=1S/C33H33ClF3N3O3S/c1-4-43-29-13-12-23(34)17-28(29)40-27(16-20(2)3)24(31(41)39-14-6-5-7-15-39)18-25(32(40)42)30-38-26(19-44-30)21-8-10-22(11-9-21)33(35,36)37/h8-13,17-20H,4-7,14-16H2,1-3H3. The van der Waals surface area contributed by atoms with Crippen molar-refractivity contribution < 1.29 is 22.7 Å². The molecule has 0 atom stereocenters. The Morgan fingerprint density at radius 3 is 2.41 bits per heavy atom. The fraction of sp³-hybridized carbons (Fsp3) is 0.364. The van der Waals surface area contributed by atoms with Crippen molar-refractivity contribution in [3.05, 3.63) is 86.1 Å². The van der Waals surface area contributed by atoms with Crippen LogP contribution in [-0.2, 0) is 12.6 Å². The number of pyridine rings is 1. The van der Waals surface area contributed by atoms with Crippen LogP contribution in [0.15, 0.2) is 58.7 Å². The van der Waals surface area contributed by atoms with Gasteiger partial charge in [0, 0.05) is 34.7 Å². The molecule has 4 aromatic rings. The van der Waals surface area contributed by atoms with Crippen LogP contribution in [0.5, 0.6) is 5.75 Å². The van der Waals surface area contributed by atoms with Crippen molar-refractivity contribution in [1.82, 2.24) is 14.5 Å². The van der Waals surface area contributed by atoms with E-state index >= 15 is 0 Å². The van der Waals surface area contributed by atoms with E-state index in [1.807, 2.05) is 25.7 Å². The molecule has 1 aliphatic rings. The second-order valence-electron chi connectivity index (χ2n) is 11.2. The van der Waals surface area contributed by atoms with Crippen molar-refractivity contribution in [2.24, 2.45) is 5.92 Å². The van der Waals surface area contributed by atoms with Crippen molar-refractivity contribution in [1.29, 1.82) is 0 Å². The lowest BCUT2D eigenvalue weighted by Gasteiger charge is -2.29. The Morgan fingerprint density at radius 1 is 1.07 bits per heavy atom. The summed E-state index contributed by atoms with van der Waals surface area (Å²) in [6, 6.07) is 11.4. The van der Waals surface area contributed by atoms with Gasteiger partial charge in [0.15, 0.2) is 0 Å². The molecule has 232 valence electrons. The summed E-state index contributed by atoms with van der Waals surface area (Å²) in [4.78, 5) is 35.1. The highest BCUT2D eigenvalue weighted by molar-refractivity contribution is 7.13. The van der Waals surface area contributed by atoms with Crippen molar-refractivity contribution in [3.63, 3.8) is 0 Å². The van der Waals surface area contributed by atoms with E-state index < -0.39 is 17.3 Å². The predicted molar refractivity (Wildman–Crippen MR) is 168 cm³/mol. The minimum Gasteiger partial charge on any atom is -0.492 e. The van der Waals surface area contributed by atoms with Gasteiger partial charge in [0.1, 0.15) is 10.8 Å². The molecule has 2 aromatic heterocycles. The molecule has 3 heterocycles. The molecule has 0 N–H and O–H groups in total. The number of alkyl halides is 3. The van der Waals surface area contributed by atoms with Crippen LogP contribution in [0.4, 0.5) is 13.2 Å². The maximum Gasteiger partial charge on any atom is 0.416 e. The van der Waals surface area contributed by atoms with Crippen LogP contribution in [0.25, 0.3) is 27.5 Å². The monoisotopic (exact) mass is 643 g/mol. The first-order chi connectivity index (χ1) is 21.0. The van der Waals surface area contributed by atoms with Gasteiger partial charge in [-0.2, -0.15) is 13.2 Å². The first kappa shape index (κ1) is 31.8. The topological polar surface area (TPSA) is 64.4 Å². The highest BCUT2D eigenvalue weighted by atomic mass is 35.5. The van der Waals surface area contributed by atoms with Crippen LogP contribution >= 0.6 is 22.9 Å². The lowest BCUT2D eigenvalue weighted by Crippen LogP contribution is -2.38. The van der Waals surface area contributed by atoms with Gasteiger partial charge in [0.2, 0.25) is 0 Å². The number of carbonyl (C=O) groups excluding carboxylic acids is 1. The van der Waals surface area contributed by atoms with Gasteiger partial charge in [-0.3, -0.25) is 14.2 Å². The van der Waals surface area contributed by atoms with Crippen molar-refractivity contribution in [2.45, 2.75) is 52.6 Å². The van der Waals surface area contributed by atoms with Crippen LogP contribution in [0.3, 0.4) is 0 Å². The SMILES string of the molecule is CCOc1ccc(Cl)cc1-n1c(CC(C)C)c(C(=O)N2CCCCC2)cc(-c2nc(-c3ccc(C(F)(F)F)cc3)cs2)c1=O. The van der Waals surface area contributed by atoms with E-state index in [1.54, 1.807) is 29.6 Å². The molecule has 0 unspecified atom stereocenters. The third-order valence-corrected chi connectivity index (χ3v) is 8.59. The summed E-state index contributed by atoms with van der Waals surface area (Å²) in [5.74, 6) is 0.400. The number of amides is 1. The summed E-state index contributed by atoms with van der Waals surface area (Å²) < 4.78 is 46.8. The van der Waals surface area contributed by atoms with Gasteiger partial charge >= 0.3 is 6.18 Å². The molecule has 5 rings (SSSR count). The predicted octanol–water partition coefficient (Wildman–Crippen LogP) is 8.52. The number of ether oxygens (including phenoxy) is 1. The average molecular weight is 644 g/mol. The average Bonchev–Trinajstić information content (AvgIpc) is 3.48. The fourth-order valence-electron chi connectivity index (χ4n) is 5.40. The minimum atomic E-state index is -4.45.